The lowest BCUT2D eigenvalue weighted by Crippen LogP contribution is -2.33. The van der Waals surface area contributed by atoms with Crippen molar-refractivity contribution < 1.29 is 9.13 Å². The van der Waals surface area contributed by atoms with Crippen LogP contribution in [0.25, 0.3) is 0 Å². The monoisotopic (exact) mass is 273 g/mol. The Bertz CT molecular complexity index is 382. The Balaban J connectivity index is 2.50. The molecule has 1 rings (SSSR count). The van der Waals surface area contributed by atoms with Gasteiger partial charge in [0, 0.05) is 20.2 Å². The van der Waals surface area contributed by atoms with Crippen LogP contribution in [-0.4, -0.2) is 26.8 Å². The van der Waals surface area contributed by atoms with Gasteiger partial charge >= 0.3 is 0 Å². The van der Waals surface area contributed by atoms with Crippen LogP contribution in [-0.2, 0) is 11.2 Å². The summed E-state index contributed by atoms with van der Waals surface area (Å²) in [5.41, 5.74) is 1.03. The van der Waals surface area contributed by atoms with Crippen molar-refractivity contribution in [2.24, 2.45) is 5.41 Å². The number of rotatable bonds is 7. The molecule has 0 aromatic heterocycles. The fourth-order valence-electron chi connectivity index (χ4n) is 1.87. The molecule has 4 heteroatoms. The maximum Gasteiger partial charge on any atom is 0.142 e. The summed E-state index contributed by atoms with van der Waals surface area (Å²) in [6.45, 7) is 6.69. The van der Waals surface area contributed by atoms with Crippen molar-refractivity contribution in [3.8, 4) is 0 Å². The molecule has 102 valence electrons. The first-order chi connectivity index (χ1) is 8.44. The molecular weight excluding hydrogens is 253 g/mol. The van der Waals surface area contributed by atoms with Crippen molar-refractivity contribution in [3.63, 3.8) is 0 Å². The summed E-state index contributed by atoms with van der Waals surface area (Å²) in [7, 11) is 1.68. The number of ether oxygens (including phenoxy) is 1. The van der Waals surface area contributed by atoms with Gasteiger partial charge < -0.3 is 10.1 Å². The Morgan fingerprint density at radius 3 is 2.72 bits per heavy atom. The number of methoxy groups -OCH3 is 1. The van der Waals surface area contributed by atoms with E-state index in [4.69, 9.17) is 16.3 Å². The highest BCUT2D eigenvalue weighted by Crippen LogP contribution is 2.23. The Kier molecular flexibility index (Phi) is 6.06. The Labute approximate surface area is 113 Å². The van der Waals surface area contributed by atoms with Gasteiger partial charge in [0.25, 0.3) is 0 Å². The molecule has 1 aromatic rings. The molecule has 0 atom stereocenters. The number of benzene rings is 1. The van der Waals surface area contributed by atoms with E-state index < -0.39 is 0 Å². The summed E-state index contributed by atoms with van der Waals surface area (Å²) in [5.74, 6) is -0.350. The van der Waals surface area contributed by atoms with Crippen molar-refractivity contribution in [2.45, 2.75) is 20.3 Å². The summed E-state index contributed by atoms with van der Waals surface area (Å²) in [6, 6.07) is 5.00. The molecule has 2 nitrogen and oxygen atoms in total. The molecule has 0 saturated carbocycles. The summed E-state index contributed by atoms with van der Waals surface area (Å²) in [4.78, 5) is 0. The predicted octanol–water partition coefficient (Wildman–Crippen LogP) is 3.28. The molecule has 0 aliphatic heterocycles. The zero-order valence-corrected chi connectivity index (χ0v) is 12.0. The fourth-order valence-corrected chi connectivity index (χ4v) is 1.98. The Hall–Kier alpha value is -0.640. The molecule has 0 bridgehead atoms. The van der Waals surface area contributed by atoms with E-state index in [1.807, 2.05) is 6.07 Å². The van der Waals surface area contributed by atoms with E-state index in [9.17, 15) is 4.39 Å². The first-order valence-corrected chi connectivity index (χ1v) is 6.46. The summed E-state index contributed by atoms with van der Waals surface area (Å²) in [6.07, 6.45) is 0.807. The average molecular weight is 274 g/mol. The SMILES string of the molecule is COCCNCC(C)(C)Cc1ccc(Cl)c(F)c1. The zero-order valence-electron chi connectivity index (χ0n) is 11.2. The first kappa shape index (κ1) is 15.4. The summed E-state index contributed by atoms with van der Waals surface area (Å²) in [5, 5.41) is 3.50. The molecule has 0 amide bonds. The van der Waals surface area contributed by atoms with Crippen molar-refractivity contribution in [2.75, 3.05) is 26.8 Å². The van der Waals surface area contributed by atoms with Crippen LogP contribution < -0.4 is 5.32 Å². The van der Waals surface area contributed by atoms with Gasteiger partial charge in [-0.1, -0.05) is 31.5 Å². The van der Waals surface area contributed by atoms with Crippen LogP contribution in [0.4, 0.5) is 4.39 Å². The second-order valence-electron chi connectivity index (χ2n) is 5.26. The highest BCUT2D eigenvalue weighted by atomic mass is 35.5. The molecular formula is C14H21ClFNO. The third kappa shape index (κ3) is 5.34. The van der Waals surface area contributed by atoms with Crippen LogP contribution in [0.15, 0.2) is 18.2 Å². The van der Waals surface area contributed by atoms with Crippen molar-refractivity contribution >= 4 is 11.6 Å². The van der Waals surface area contributed by atoms with Gasteiger partial charge in [-0.3, -0.25) is 0 Å². The molecule has 0 heterocycles. The van der Waals surface area contributed by atoms with Gasteiger partial charge in [0.15, 0.2) is 0 Å². The van der Waals surface area contributed by atoms with Crippen molar-refractivity contribution in [1.29, 1.82) is 0 Å². The van der Waals surface area contributed by atoms with E-state index in [2.05, 4.69) is 19.2 Å². The fraction of sp³-hybridized carbons (Fsp3) is 0.571. The van der Waals surface area contributed by atoms with E-state index in [-0.39, 0.29) is 16.3 Å². The minimum absolute atomic E-state index is 0.0635. The van der Waals surface area contributed by atoms with Crippen LogP contribution in [0, 0.1) is 11.2 Å². The zero-order chi connectivity index (χ0) is 13.6. The highest BCUT2D eigenvalue weighted by Gasteiger charge is 2.18. The van der Waals surface area contributed by atoms with Gasteiger partial charge in [-0.05, 0) is 29.5 Å². The topological polar surface area (TPSA) is 21.3 Å². The van der Waals surface area contributed by atoms with Crippen molar-refractivity contribution in [1.82, 2.24) is 5.32 Å². The molecule has 0 fully saturated rings. The third-order valence-electron chi connectivity index (χ3n) is 2.75. The van der Waals surface area contributed by atoms with Crippen LogP contribution in [0.2, 0.25) is 5.02 Å². The van der Waals surface area contributed by atoms with Gasteiger partial charge in [-0.25, -0.2) is 4.39 Å². The van der Waals surface area contributed by atoms with E-state index in [0.717, 1.165) is 25.1 Å². The third-order valence-corrected chi connectivity index (χ3v) is 3.06. The highest BCUT2D eigenvalue weighted by molar-refractivity contribution is 6.30. The van der Waals surface area contributed by atoms with E-state index in [1.54, 1.807) is 13.2 Å². The van der Waals surface area contributed by atoms with Crippen LogP contribution >= 0.6 is 11.6 Å². The predicted molar refractivity (Wildman–Crippen MR) is 73.6 cm³/mol. The van der Waals surface area contributed by atoms with E-state index in [1.165, 1.54) is 6.07 Å². The molecule has 1 aromatic carbocycles. The van der Waals surface area contributed by atoms with Crippen LogP contribution in [0.5, 0.6) is 0 Å². The van der Waals surface area contributed by atoms with Crippen LogP contribution in [0.3, 0.4) is 0 Å². The standard InChI is InChI=1S/C14H21ClFNO/c1-14(2,10-17-6-7-18-3)9-11-4-5-12(15)13(16)8-11/h4-5,8,17H,6-7,9-10H2,1-3H3. The quantitative estimate of drug-likeness (QED) is 0.770. The Morgan fingerprint density at radius 1 is 1.39 bits per heavy atom. The maximum absolute atomic E-state index is 13.3. The van der Waals surface area contributed by atoms with Gasteiger partial charge in [-0.2, -0.15) is 0 Å². The second kappa shape index (κ2) is 7.07. The van der Waals surface area contributed by atoms with Gasteiger partial charge in [0.05, 0.1) is 11.6 Å². The molecule has 0 aliphatic rings. The molecule has 0 saturated heterocycles. The Morgan fingerprint density at radius 2 is 2.11 bits per heavy atom. The largest absolute Gasteiger partial charge is 0.383 e. The lowest BCUT2D eigenvalue weighted by molar-refractivity contribution is 0.194. The molecule has 0 unspecified atom stereocenters. The molecule has 0 spiro atoms. The smallest absolute Gasteiger partial charge is 0.142 e. The average Bonchev–Trinajstić information content (AvgIpc) is 2.29. The number of halogens is 2. The lowest BCUT2D eigenvalue weighted by atomic mass is 9.85. The minimum Gasteiger partial charge on any atom is -0.383 e. The van der Waals surface area contributed by atoms with E-state index in [0.29, 0.717) is 6.61 Å². The van der Waals surface area contributed by atoms with Gasteiger partial charge in [-0.15, -0.1) is 0 Å². The van der Waals surface area contributed by atoms with E-state index >= 15 is 0 Å². The molecule has 18 heavy (non-hydrogen) atoms. The van der Waals surface area contributed by atoms with Crippen molar-refractivity contribution in [3.05, 3.63) is 34.6 Å². The van der Waals surface area contributed by atoms with Crippen LogP contribution in [0.1, 0.15) is 19.4 Å². The summed E-state index contributed by atoms with van der Waals surface area (Å²) < 4.78 is 18.3. The van der Waals surface area contributed by atoms with Gasteiger partial charge in [0.2, 0.25) is 0 Å². The number of hydrogen-bond donors (Lipinski definition) is 1. The normalized spacial score (nSPS) is 11.8. The molecule has 0 aliphatic carbocycles. The first-order valence-electron chi connectivity index (χ1n) is 6.08. The summed E-state index contributed by atoms with van der Waals surface area (Å²) >= 11 is 5.67. The molecule has 1 N–H and O–H groups in total. The lowest BCUT2D eigenvalue weighted by Gasteiger charge is -2.25. The maximum atomic E-state index is 13.3. The number of nitrogens with one attached hydrogen (secondary N) is 1. The minimum atomic E-state index is -0.350. The molecule has 0 radical (unpaired) electrons. The number of hydrogen-bond acceptors (Lipinski definition) is 2. The van der Waals surface area contributed by atoms with Gasteiger partial charge in [0.1, 0.15) is 5.82 Å². The second-order valence-corrected chi connectivity index (χ2v) is 5.67.